The standard InChI is InChI=1S/C25H22N4O5/c30-22-14-27(13-17-7-4-10-34-17)25(31)21-12-19-18-8-1-2-9-20(18)26-23(19)24(28(21)22)15-5-3-6-16(11-15)29(32)33/h1-11,21,24,26,29,32H,12-14H2/t21-,24?/m0/s1. The predicted octanol–water partition coefficient (Wildman–Crippen LogP) is 2.05. The largest absolute Gasteiger partial charge is 0.595 e. The molecule has 0 aliphatic carbocycles. The van der Waals surface area contributed by atoms with Gasteiger partial charge in [0.05, 0.1) is 18.8 Å². The second-order valence-electron chi connectivity index (χ2n) is 8.69. The number of furan rings is 1. The Morgan fingerprint density at radius 1 is 1.12 bits per heavy atom. The van der Waals surface area contributed by atoms with Crippen molar-refractivity contribution in [2.24, 2.45) is 0 Å². The lowest BCUT2D eigenvalue weighted by Gasteiger charge is -2.47. The Hall–Kier alpha value is -3.92. The van der Waals surface area contributed by atoms with Gasteiger partial charge in [0.2, 0.25) is 11.8 Å². The molecule has 34 heavy (non-hydrogen) atoms. The number of carbonyl (C=O) groups is 2. The molecule has 9 heteroatoms. The van der Waals surface area contributed by atoms with Crippen LogP contribution in [0.25, 0.3) is 10.9 Å². The maximum atomic E-state index is 13.6. The van der Waals surface area contributed by atoms with E-state index < -0.39 is 17.3 Å². The molecule has 2 aromatic heterocycles. The Balaban J connectivity index is 1.49. The molecule has 2 aliphatic heterocycles. The van der Waals surface area contributed by atoms with Gasteiger partial charge in [0.1, 0.15) is 18.3 Å². The molecule has 9 nitrogen and oxygen atoms in total. The van der Waals surface area contributed by atoms with Crippen molar-refractivity contribution in [2.75, 3.05) is 6.54 Å². The molecule has 2 unspecified atom stereocenters. The zero-order chi connectivity index (χ0) is 23.4. The molecule has 2 aliphatic rings. The molecule has 0 spiro atoms. The number of para-hydroxylation sites is 1. The first-order chi connectivity index (χ1) is 16.5. The maximum Gasteiger partial charge on any atom is 0.246 e. The van der Waals surface area contributed by atoms with E-state index in [9.17, 15) is 20.0 Å². The van der Waals surface area contributed by atoms with Crippen molar-refractivity contribution in [1.29, 1.82) is 0 Å². The van der Waals surface area contributed by atoms with E-state index in [0.717, 1.165) is 22.2 Å². The Morgan fingerprint density at radius 3 is 2.76 bits per heavy atom. The molecular weight excluding hydrogens is 436 g/mol. The normalized spacial score (nSPS) is 21.0. The smallest absolute Gasteiger partial charge is 0.246 e. The zero-order valence-corrected chi connectivity index (χ0v) is 18.1. The van der Waals surface area contributed by atoms with Gasteiger partial charge in [-0.15, -0.1) is 0 Å². The van der Waals surface area contributed by atoms with E-state index in [1.165, 1.54) is 11.0 Å². The number of benzene rings is 2. The predicted molar refractivity (Wildman–Crippen MR) is 121 cm³/mol. The van der Waals surface area contributed by atoms with E-state index in [4.69, 9.17) is 4.42 Å². The lowest BCUT2D eigenvalue weighted by molar-refractivity contribution is -0.991. The first kappa shape index (κ1) is 20.7. The number of fused-ring (bicyclic) bond motifs is 4. The summed E-state index contributed by atoms with van der Waals surface area (Å²) in [4.78, 5) is 33.8. The Morgan fingerprint density at radius 2 is 1.97 bits per heavy atom. The lowest BCUT2D eigenvalue weighted by Crippen LogP contribution is -2.99. The van der Waals surface area contributed by atoms with Crippen molar-refractivity contribution >= 4 is 28.4 Å². The van der Waals surface area contributed by atoms with Gasteiger partial charge in [-0.1, -0.05) is 30.3 Å². The summed E-state index contributed by atoms with van der Waals surface area (Å²) in [5, 5.41) is 21.2. The fourth-order valence-electron chi connectivity index (χ4n) is 5.24. The average molecular weight is 458 g/mol. The van der Waals surface area contributed by atoms with Crippen LogP contribution in [-0.4, -0.2) is 44.4 Å². The number of H-pyrrole nitrogens is 1. The van der Waals surface area contributed by atoms with Crippen LogP contribution < -0.4 is 5.23 Å². The number of quaternary nitrogens is 1. The number of aromatic amines is 1. The van der Waals surface area contributed by atoms with Crippen LogP contribution in [0.2, 0.25) is 0 Å². The van der Waals surface area contributed by atoms with Gasteiger partial charge in [0, 0.05) is 35.2 Å². The van der Waals surface area contributed by atoms with Crippen LogP contribution in [0.15, 0.2) is 71.3 Å². The van der Waals surface area contributed by atoms with E-state index in [0.29, 0.717) is 17.7 Å². The minimum Gasteiger partial charge on any atom is -0.595 e. The minimum atomic E-state index is -1.04. The summed E-state index contributed by atoms with van der Waals surface area (Å²) in [5.74, 6) is 0.279. The highest BCUT2D eigenvalue weighted by Crippen LogP contribution is 2.42. The number of piperazine rings is 1. The van der Waals surface area contributed by atoms with Gasteiger partial charge < -0.3 is 24.4 Å². The van der Waals surface area contributed by atoms with Gasteiger partial charge in [-0.3, -0.25) is 9.59 Å². The summed E-state index contributed by atoms with van der Waals surface area (Å²) in [6.07, 6.45) is 1.93. The molecule has 0 radical (unpaired) electrons. The molecule has 0 bridgehead atoms. The third kappa shape index (κ3) is 3.21. The highest BCUT2D eigenvalue weighted by atomic mass is 16.8. The molecule has 1 saturated heterocycles. The number of nitrogens with one attached hydrogen (secondary N) is 2. The summed E-state index contributed by atoms with van der Waals surface area (Å²) in [6.45, 7) is 0.155. The van der Waals surface area contributed by atoms with Crippen LogP contribution in [-0.2, 0) is 22.6 Å². The number of nitrogens with zero attached hydrogens (tertiary/aromatic N) is 2. The zero-order valence-electron chi connectivity index (χ0n) is 18.1. The number of amides is 2. The van der Waals surface area contributed by atoms with Crippen LogP contribution in [0.5, 0.6) is 0 Å². The van der Waals surface area contributed by atoms with Crippen molar-refractivity contribution in [2.45, 2.75) is 25.0 Å². The summed E-state index contributed by atoms with van der Waals surface area (Å²) >= 11 is 0. The van der Waals surface area contributed by atoms with Crippen molar-refractivity contribution in [3.05, 3.63) is 94.7 Å². The highest BCUT2D eigenvalue weighted by Gasteiger charge is 2.48. The van der Waals surface area contributed by atoms with Gasteiger partial charge >= 0.3 is 0 Å². The summed E-state index contributed by atoms with van der Waals surface area (Å²) in [6, 6.07) is 16.7. The third-order valence-electron chi connectivity index (χ3n) is 6.72. The van der Waals surface area contributed by atoms with Gasteiger partial charge in [0.25, 0.3) is 0 Å². The fraction of sp³-hybridized carbons (Fsp3) is 0.200. The Bertz CT molecular complexity index is 1390. The molecular formula is C25H22N4O5. The van der Waals surface area contributed by atoms with Crippen molar-refractivity contribution in [3.63, 3.8) is 0 Å². The van der Waals surface area contributed by atoms with Crippen LogP contribution >= 0.6 is 0 Å². The van der Waals surface area contributed by atoms with Crippen molar-refractivity contribution < 1.29 is 24.4 Å². The van der Waals surface area contributed by atoms with E-state index in [2.05, 4.69) is 4.98 Å². The molecule has 3 N–H and O–H groups in total. The number of aromatic nitrogens is 1. The second-order valence-corrected chi connectivity index (χ2v) is 8.69. The third-order valence-corrected chi connectivity index (χ3v) is 6.72. The van der Waals surface area contributed by atoms with Crippen LogP contribution in [0.4, 0.5) is 5.69 Å². The molecule has 2 aromatic carbocycles. The lowest BCUT2D eigenvalue weighted by atomic mass is 9.86. The number of hydrogen-bond acceptors (Lipinski definition) is 5. The number of rotatable bonds is 4. The van der Waals surface area contributed by atoms with E-state index in [1.54, 1.807) is 35.4 Å². The van der Waals surface area contributed by atoms with Crippen LogP contribution in [0.3, 0.4) is 0 Å². The van der Waals surface area contributed by atoms with E-state index in [1.807, 2.05) is 30.3 Å². The Labute approximate surface area is 194 Å². The maximum absolute atomic E-state index is 13.6. The first-order valence-electron chi connectivity index (χ1n) is 11.1. The second kappa shape index (κ2) is 7.84. The molecule has 0 saturated carbocycles. The molecule has 1 fully saturated rings. The summed E-state index contributed by atoms with van der Waals surface area (Å²) < 4.78 is 5.40. The highest BCUT2D eigenvalue weighted by molar-refractivity contribution is 5.97. The molecule has 3 atom stereocenters. The van der Waals surface area contributed by atoms with E-state index >= 15 is 0 Å². The molecule has 4 heterocycles. The monoisotopic (exact) mass is 458 g/mol. The molecule has 172 valence electrons. The van der Waals surface area contributed by atoms with Gasteiger partial charge in [-0.2, -0.15) is 5.23 Å². The average Bonchev–Trinajstić information content (AvgIpc) is 3.48. The number of hydrogen-bond donors (Lipinski definition) is 3. The molecule has 6 rings (SSSR count). The van der Waals surface area contributed by atoms with Gasteiger partial charge in [-0.25, -0.2) is 5.21 Å². The SMILES string of the molecule is O=C1[C@@H]2Cc3c([nH]c4ccccc34)C(c3cccc([NH+]([O-])O)c3)N2C(=O)CN1Cc1ccco1. The summed E-state index contributed by atoms with van der Waals surface area (Å²) in [5.41, 5.74) is 3.49. The quantitative estimate of drug-likeness (QED) is 0.405. The molecule has 2 amide bonds. The van der Waals surface area contributed by atoms with Gasteiger partial charge in [-0.05, 0) is 29.3 Å². The van der Waals surface area contributed by atoms with Gasteiger partial charge in [0.15, 0.2) is 5.69 Å². The summed E-state index contributed by atoms with van der Waals surface area (Å²) in [7, 11) is 0. The van der Waals surface area contributed by atoms with Crippen molar-refractivity contribution in [3.8, 4) is 0 Å². The molecule has 4 aromatic rings. The first-order valence-corrected chi connectivity index (χ1v) is 11.1. The van der Waals surface area contributed by atoms with Crippen molar-refractivity contribution in [1.82, 2.24) is 14.8 Å². The Kier molecular flexibility index (Phi) is 4.77. The fourth-order valence-corrected chi connectivity index (χ4v) is 5.24. The topological polar surface area (TPSA) is 117 Å². The number of carbonyl (C=O) groups excluding carboxylic acids is 2. The van der Waals surface area contributed by atoms with Crippen LogP contribution in [0.1, 0.15) is 28.6 Å². The van der Waals surface area contributed by atoms with E-state index in [-0.39, 0.29) is 30.6 Å². The minimum absolute atomic E-state index is 0.0687. The van der Waals surface area contributed by atoms with Crippen LogP contribution in [0, 0.1) is 5.21 Å².